The number of hydrogen-bond donors (Lipinski definition) is 0. The molecule has 2 nitrogen and oxygen atoms in total. The molecule has 2 aromatic carbocycles. The van der Waals surface area contributed by atoms with Gasteiger partial charge in [0.15, 0.2) is 0 Å². The number of benzene rings is 2. The van der Waals surface area contributed by atoms with Crippen molar-refractivity contribution in [3.63, 3.8) is 0 Å². The second-order valence-corrected chi connectivity index (χ2v) is 10.5. The predicted octanol–water partition coefficient (Wildman–Crippen LogP) is 8.83. The summed E-state index contributed by atoms with van der Waals surface area (Å²) in [5.74, 6) is -0.0107. The smallest absolute Gasteiger partial charge is 0.306 e. The molecule has 1 aliphatic heterocycles. The van der Waals surface area contributed by atoms with Gasteiger partial charge in [0.25, 0.3) is 0 Å². The van der Waals surface area contributed by atoms with Crippen molar-refractivity contribution in [2.24, 2.45) is 0 Å². The van der Waals surface area contributed by atoms with Crippen molar-refractivity contribution < 1.29 is 9.53 Å². The lowest BCUT2D eigenvalue weighted by Gasteiger charge is -2.35. The summed E-state index contributed by atoms with van der Waals surface area (Å²) in [7, 11) is 0. The molecular weight excluding hydrogens is 412 g/mol. The van der Waals surface area contributed by atoms with Crippen LogP contribution in [0.25, 0.3) is 0 Å². The molecule has 0 bridgehead atoms. The molecule has 3 heteroatoms. The molecule has 0 N–H and O–H groups in total. The lowest BCUT2D eigenvalue weighted by Crippen LogP contribution is -2.26. The summed E-state index contributed by atoms with van der Waals surface area (Å²) in [6, 6.07) is 21.3. The first kappa shape index (κ1) is 24.9. The van der Waals surface area contributed by atoms with Gasteiger partial charge in [0.1, 0.15) is 6.10 Å². The Morgan fingerprint density at radius 2 is 1.22 bits per heavy atom. The molecule has 0 aliphatic carbocycles. The van der Waals surface area contributed by atoms with Crippen molar-refractivity contribution in [2.75, 3.05) is 0 Å². The van der Waals surface area contributed by atoms with E-state index in [9.17, 15) is 4.79 Å². The first-order chi connectivity index (χ1) is 15.8. The highest BCUT2D eigenvalue weighted by atomic mass is 32.2. The molecule has 0 saturated carbocycles. The Morgan fingerprint density at radius 3 is 1.72 bits per heavy atom. The SMILES string of the molecule is CCCCCCCCCCCC(=O)OC1CC(c2ccccc2)SC(c2ccccc2)C1. The molecule has 1 aliphatic rings. The molecule has 0 radical (unpaired) electrons. The average Bonchev–Trinajstić information content (AvgIpc) is 2.84. The zero-order valence-electron chi connectivity index (χ0n) is 19.7. The van der Waals surface area contributed by atoms with Crippen LogP contribution in [0.15, 0.2) is 60.7 Å². The summed E-state index contributed by atoms with van der Waals surface area (Å²) in [4.78, 5) is 12.6. The summed E-state index contributed by atoms with van der Waals surface area (Å²) in [5, 5.41) is 0.723. The van der Waals surface area contributed by atoms with Crippen LogP contribution < -0.4 is 0 Å². The number of unbranched alkanes of at least 4 members (excludes halogenated alkanes) is 8. The highest BCUT2D eigenvalue weighted by molar-refractivity contribution is 7.99. The van der Waals surface area contributed by atoms with E-state index in [2.05, 4.69) is 67.6 Å². The molecule has 32 heavy (non-hydrogen) atoms. The molecule has 1 heterocycles. The lowest BCUT2D eigenvalue weighted by atomic mass is 9.99. The monoisotopic (exact) mass is 452 g/mol. The van der Waals surface area contributed by atoms with Crippen LogP contribution in [0.5, 0.6) is 0 Å². The number of carbonyl (C=O) groups excluding carboxylic acids is 1. The molecular formula is C29H40O2S. The van der Waals surface area contributed by atoms with E-state index in [1.165, 1.54) is 56.1 Å². The molecule has 2 unspecified atom stereocenters. The van der Waals surface area contributed by atoms with Crippen LogP contribution in [0.4, 0.5) is 0 Å². The van der Waals surface area contributed by atoms with Crippen LogP contribution in [0.3, 0.4) is 0 Å². The highest BCUT2D eigenvalue weighted by Crippen LogP contribution is 2.50. The van der Waals surface area contributed by atoms with Crippen molar-refractivity contribution in [3.8, 4) is 0 Å². The van der Waals surface area contributed by atoms with Gasteiger partial charge in [-0.15, -0.1) is 11.8 Å². The normalized spacial score (nSPS) is 20.7. The predicted molar refractivity (Wildman–Crippen MR) is 137 cm³/mol. The second-order valence-electron chi connectivity index (χ2n) is 9.10. The van der Waals surface area contributed by atoms with Gasteiger partial charge in [-0.05, 0) is 17.5 Å². The largest absolute Gasteiger partial charge is 0.462 e. The zero-order chi connectivity index (χ0) is 22.4. The molecule has 0 aromatic heterocycles. The number of ether oxygens (including phenoxy) is 1. The van der Waals surface area contributed by atoms with Gasteiger partial charge in [0.05, 0.1) is 0 Å². The van der Waals surface area contributed by atoms with Crippen LogP contribution >= 0.6 is 11.8 Å². The fourth-order valence-corrected chi connectivity index (χ4v) is 6.25. The Hall–Kier alpha value is -1.74. The van der Waals surface area contributed by atoms with Crippen molar-refractivity contribution in [1.82, 2.24) is 0 Å². The van der Waals surface area contributed by atoms with Gasteiger partial charge in [0.2, 0.25) is 0 Å². The summed E-state index contributed by atoms with van der Waals surface area (Å²) >= 11 is 2.01. The Kier molecular flexibility index (Phi) is 11.2. The first-order valence-electron chi connectivity index (χ1n) is 12.7. The fourth-order valence-electron chi connectivity index (χ4n) is 4.57. The summed E-state index contributed by atoms with van der Waals surface area (Å²) in [6.07, 6.45) is 13.8. The average molecular weight is 453 g/mol. The van der Waals surface area contributed by atoms with Gasteiger partial charge in [-0.1, -0.05) is 119 Å². The van der Waals surface area contributed by atoms with E-state index in [0.717, 1.165) is 25.7 Å². The number of esters is 1. The van der Waals surface area contributed by atoms with Gasteiger partial charge >= 0.3 is 5.97 Å². The number of carbonyl (C=O) groups is 1. The van der Waals surface area contributed by atoms with Crippen LogP contribution in [0, 0.1) is 0 Å². The van der Waals surface area contributed by atoms with Crippen molar-refractivity contribution in [2.45, 2.75) is 101 Å². The maximum Gasteiger partial charge on any atom is 0.306 e. The molecule has 2 atom stereocenters. The maximum atomic E-state index is 12.6. The summed E-state index contributed by atoms with van der Waals surface area (Å²) in [6.45, 7) is 2.26. The minimum absolute atomic E-state index is 0.00210. The highest BCUT2D eigenvalue weighted by Gasteiger charge is 2.33. The quantitative estimate of drug-likeness (QED) is 0.224. The van der Waals surface area contributed by atoms with Crippen molar-refractivity contribution in [3.05, 3.63) is 71.8 Å². The van der Waals surface area contributed by atoms with Crippen LogP contribution in [0.2, 0.25) is 0 Å². The van der Waals surface area contributed by atoms with Crippen molar-refractivity contribution >= 4 is 17.7 Å². The number of rotatable bonds is 13. The van der Waals surface area contributed by atoms with E-state index in [4.69, 9.17) is 4.74 Å². The van der Waals surface area contributed by atoms with E-state index < -0.39 is 0 Å². The summed E-state index contributed by atoms with van der Waals surface area (Å²) < 4.78 is 6.01. The third-order valence-corrected chi connectivity index (χ3v) is 7.99. The molecule has 0 spiro atoms. The first-order valence-corrected chi connectivity index (χ1v) is 13.7. The molecule has 1 saturated heterocycles. The van der Waals surface area contributed by atoms with Crippen LogP contribution in [-0.2, 0) is 9.53 Å². The third-order valence-electron chi connectivity index (χ3n) is 6.41. The van der Waals surface area contributed by atoms with E-state index in [-0.39, 0.29) is 12.1 Å². The zero-order valence-corrected chi connectivity index (χ0v) is 20.5. The Labute approximate surface area is 199 Å². The number of thioether (sulfide) groups is 1. The second kappa shape index (κ2) is 14.4. The van der Waals surface area contributed by atoms with Gasteiger partial charge in [-0.2, -0.15) is 0 Å². The third kappa shape index (κ3) is 8.65. The maximum absolute atomic E-state index is 12.6. The van der Waals surface area contributed by atoms with Crippen LogP contribution in [-0.4, -0.2) is 12.1 Å². The molecule has 0 amide bonds. The molecule has 174 valence electrons. The van der Waals surface area contributed by atoms with E-state index in [1.807, 2.05) is 11.8 Å². The fraction of sp³-hybridized carbons (Fsp3) is 0.552. The van der Waals surface area contributed by atoms with Gasteiger partial charge in [-0.25, -0.2) is 0 Å². The Bertz CT molecular complexity index is 714. The van der Waals surface area contributed by atoms with E-state index in [0.29, 0.717) is 16.9 Å². The van der Waals surface area contributed by atoms with E-state index >= 15 is 0 Å². The topological polar surface area (TPSA) is 26.3 Å². The minimum Gasteiger partial charge on any atom is -0.462 e. The summed E-state index contributed by atoms with van der Waals surface area (Å²) in [5.41, 5.74) is 2.66. The molecule has 1 fully saturated rings. The van der Waals surface area contributed by atoms with Crippen LogP contribution in [0.1, 0.15) is 106 Å². The molecule has 2 aromatic rings. The van der Waals surface area contributed by atoms with Gasteiger partial charge in [-0.3, -0.25) is 4.79 Å². The lowest BCUT2D eigenvalue weighted by molar-refractivity contribution is -0.150. The standard InChI is InChI=1S/C29H40O2S/c1-2-3-4-5-6-7-8-9-16-21-29(30)31-26-22-27(24-17-12-10-13-18-24)32-28(23-26)25-19-14-11-15-20-25/h10-15,17-20,26-28H,2-9,16,21-23H2,1H3. The van der Waals surface area contributed by atoms with Crippen molar-refractivity contribution in [1.29, 1.82) is 0 Å². The Morgan fingerprint density at radius 1 is 0.750 bits per heavy atom. The van der Waals surface area contributed by atoms with Gasteiger partial charge < -0.3 is 4.74 Å². The van der Waals surface area contributed by atoms with E-state index in [1.54, 1.807) is 0 Å². The minimum atomic E-state index is -0.0107. The van der Waals surface area contributed by atoms with Gasteiger partial charge in [0, 0.05) is 29.8 Å². The number of hydrogen-bond acceptors (Lipinski definition) is 3. The molecule has 3 rings (SSSR count). The Balaban J connectivity index is 1.45.